The van der Waals surface area contributed by atoms with Gasteiger partial charge in [-0.1, -0.05) is 44.0 Å². The van der Waals surface area contributed by atoms with Crippen molar-refractivity contribution in [2.75, 3.05) is 0 Å². The quantitative estimate of drug-likeness (QED) is 0.436. The largest absolute Gasteiger partial charge is 0.341 e. The molecule has 0 radical (unpaired) electrons. The molecule has 1 aromatic carbocycles. The smallest absolute Gasteiger partial charge is 0.242 e. The number of aryl methyl sites for hydroxylation is 1. The zero-order valence-electron chi connectivity index (χ0n) is 11.1. The lowest BCUT2D eigenvalue weighted by Gasteiger charge is -2.18. The van der Waals surface area contributed by atoms with Crippen molar-refractivity contribution in [3.05, 3.63) is 35.4 Å². The molecule has 0 saturated carbocycles. The van der Waals surface area contributed by atoms with Gasteiger partial charge in [0, 0.05) is 0 Å². The number of hydrogen-bond acceptors (Lipinski definition) is 0. The van der Waals surface area contributed by atoms with Crippen molar-refractivity contribution in [2.24, 2.45) is 0 Å². The van der Waals surface area contributed by atoms with Crippen molar-refractivity contribution in [1.82, 2.24) is 0 Å². The van der Waals surface area contributed by atoms with Gasteiger partial charge in [0.1, 0.15) is 6.17 Å². The summed E-state index contributed by atoms with van der Waals surface area (Å²) in [6.45, 7) is 2.09. The minimum absolute atomic E-state index is 0.705. The first-order chi connectivity index (χ1) is 8.94. The molecule has 1 atom stereocenters. The molecule has 19 heavy (non-hydrogen) atoms. The summed E-state index contributed by atoms with van der Waals surface area (Å²) in [5.41, 5.74) is 2.12. The third-order valence-electron chi connectivity index (χ3n) is 3.11. The molecule has 0 aromatic heterocycles. The molecule has 0 fully saturated rings. The van der Waals surface area contributed by atoms with Gasteiger partial charge in [-0.15, -0.1) is 33.2 Å². The lowest BCUT2D eigenvalue weighted by atomic mass is 9.90. The van der Waals surface area contributed by atoms with Crippen LogP contribution in [0.15, 0.2) is 24.3 Å². The number of benzene rings is 1. The normalized spacial score (nSPS) is 18.3. The average Bonchev–Trinajstić information content (AvgIpc) is 2.37. The van der Waals surface area contributed by atoms with E-state index in [4.69, 9.17) is 33.2 Å². The van der Waals surface area contributed by atoms with Crippen LogP contribution in [0.25, 0.3) is 0 Å². The number of rotatable bonds is 3. The highest BCUT2D eigenvalue weighted by atomic mass is 35.8. The number of alkyl halides is 1. The standard InChI is InChI=1S/C10H11F.C4H9Cl3Si/c11-10-7-3-5-8-4-1-2-6-9(8)10;1-2-3-4-8(5,6)7/h1-2,4,6,10H,3,5,7H2;2-4H2,1H3. The monoisotopic (exact) mass is 340 g/mol. The summed E-state index contributed by atoms with van der Waals surface area (Å²) in [5.74, 6) is 0. The van der Waals surface area contributed by atoms with Crippen LogP contribution in [0.1, 0.15) is 49.9 Å². The molecule has 0 nitrogen and oxygen atoms in total. The second-order valence-electron chi connectivity index (χ2n) is 4.78. The van der Waals surface area contributed by atoms with E-state index in [1.54, 1.807) is 0 Å². The van der Waals surface area contributed by atoms with Crippen molar-refractivity contribution in [3.8, 4) is 0 Å². The van der Waals surface area contributed by atoms with Gasteiger partial charge in [-0.2, -0.15) is 0 Å². The van der Waals surface area contributed by atoms with Crippen LogP contribution in [0.3, 0.4) is 0 Å². The van der Waals surface area contributed by atoms with E-state index in [0.717, 1.165) is 37.3 Å². The highest BCUT2D eigenvalue weighted by Gasteiger charge is 2.23. The van der Waals surface area contributed by atoms with Crippen molar-refractivity contribution >= 4 is 39.2 Å². The molecule has 0 saturated heterocycles. The number of unbranched alkanes of at least 4 members (excludes halogenated alkanes) is 1. The van der Waals surface area contributed by atoms with E-state index in [2.05, 4.69) is 6.92 Å². The highest BCUT2D eigenvalue weighted by Crippen LogP contribution is 2.31. The van der Waals surface area contributed by atoms with Crippen LogP contribution < -0.4 is 0 Å². The minimum atomic E-state index is -2.26. The van der Waals surface area contributed by atoms with Gasteiger partial charge >= 0.3 is 6.00 Å². The van der Waals surface area contributed by atoms with E-state index in [1.807, 2.05) is 24.3 Å². The van der Waals surface area contributed by atoms with E-state index in [9.17, 15) is 4.39 Å². The fourth-order valence-corrected chi connectivity index (χ4v) is 4.03. The molecule has 1 aliphatic rings. The summed E-state index contributed by atoms with van der Waals surface area (Å²) in [5, 5.41) is 0. The molecule has 2 rings (SSSR count). The maximum absolute atomic E-state index is 13.2. The SMILES string of the molecule is CCCC[Si](Cl)(Cl)Cl.FC1CCCc2ccccc21. The maximum Gasteiger partial charge on any atom is 0.341 e. The van der Waals surface area contributed by atoms with Crippen molar-refractivity contribution in [1.29, 1.82) is 0 Å². The summed E-state index contributed by atoms with van der Waals surface area (Å²) >= 11 is 16.7. The van der Waals surface area contributed by atoms with Gasteiger partial charge in [-0.05, 0) is 36.4 Å². The van der Waals surface area contributed by atoms with E-state index in [1.165, 1.54) is 5.56 Å². The van der Waals surface area contributed by atoms with Gasteiger partial charge in [0.15, 0.2) is 0 Å². The fourth-order valence-electron chi connectivity index (χ4n) is 2.07. The van der Waals surface area contributed by atoms with E-state index < -0.39 is 12.2 Å². The lowest BCUT2D eigenvalue weighted by Crippen LogP contribution is -2.07. The van der Waals surface area contributed by atoms with E-state index in [0.29, 0.717) is 6.42 Å². The second-order valence-corrected chi connectivity index (χ2v) is 14.1. The van der Waals surface area contributed by atoms with Gasteiger partial charge < -0.3 is 0 Å². The maximum atomic E-state index is 13.2. The summed E-state index contributed by atoms with van der Waals surface area (Å²) in [7, 11) is 0. The Kier molecular flexibility index (Phi) is 7.74. The predicted octanol–water partition coefficient (Wildman–Crippen LogP) is 6.48. The molecule has 5 heteroatoms. The first kappa shape index (κ1) is 17.3. The Morgan fingerprint density at radius 1 is 1.26 bits per heavy atom. The molecule has 0 heterocycles. The van der Waals surface area contributed by atoms with Gasteiger partial charge in [-0.25, -0.2) is 4.39 Å². The van der Waals surface area contributed by atoms with Crippen LogP contribution in [0.2, 0.25) is 6.04 Å². The average molecular weight is 342 g/mol. The molecular formula is C14H20Cl3FSi. The number of halogens is 4. The zero-order valence-corrected chi connectivity index (χ0v) is 14.4. The molecule has 0 N–H and O–H groups in total. The number of fused-ring (bicyclic) bond motifs is 1. The summed E-state index contributed by atoms with van der Waals surface area (Å²) in [4.78, 5) is 0. The van der Waals surface area contributed by atoms with Crippen LogP contribution in [0.5, 0.6) is 0 Å². The van der Waals surface area contributed by atoms with Crippen molar-refractivity contribution in [2.45, 2.75) is 51.2 Å². The van der Waals surface area contributed by atoms with Crippen LogP contribution in [-0.4, -0.2) is 6.00 Å². The summed E-state index contributed by atoms with van der Waals surface area (Å²) in [6, 6.07) is 6.37. The molecule has 0 bridgehead atoms. The zero-order chi connectivity index (χ0) is 14.3. The third-order valence-corrected chi connectivity index (χ3v) is 5.73. The van der Waals surface area contributed by atoms with Crippen LogP contribution in [0.4, 0.5) is 4.39 Å². The Bertz CT molecular complexity index is 379. The molecule has 1 aromatic rings. The second kappa shape index (κ2) is 8.51. The van der Waals surface area contributed by atoms with Gasteiger partial charge in [0.2, 0.25) is 0 Å². The number of hydrogen-bond donors (Lipinski definition) is 0. The molecule has 1 unspecified atom stereocenters. The van der Waals surface area contributed by atoms with E-state index >= 15 is 0 Å². The first-order valence-corrected chi connectivity index (χ1v) is 12.0. The van der Waals surface area contributed by atoms with Crippen LogP contribution in [-0.2, 0) is 6.42 Å². The van der Waals surface area contributed by atoms with Gasteiger partial charge in [0.25, 0.3) is 0 Å². The van der Waals surface area contributed by atoms with E-state index in [-0.39, 0.29) is 0 Å². The lowest BCUT2D eigenvalue weighted by molar-refractivity contribution is 0.302. The molecular weight excluding hydrogens is 322 g/mol. The van der Waals surface area contributed by atoms with Gasteiger partial charge in [-0.3, -0.25) is 0 Å². The topological polar surface area (TPSA) is 0 Å². The Labute approximate surface area is 130 Å². The van der Waals surface area contributed by atoms with Crippen molar-refractivity contribution in [3.63, 3.8) is 0 Å². The van der Waals surface area contributed by atoms with Crippen molar-refractivity contribution < 1.29 is 4.39 Å². The Hall–Kier alpha value is 0.237. The predicted molar refractivity (Wildman–Crippen MR) is 86.3 cm³/mol. The summed E-state index contributed by atoms with van der Waals surface area (Å²) in [6.07, 6.45) is 4.20. The molecule has 0 amide bonds. The van der Waals surface area contributed by atoms with Gasteiger partial charge in [0.05, 0.1) is 0 Å². The first-order valence-electron chi connectivity index (χ1n) is 6.72. The Balaban J connectivity index is 0.000000203. The Morgan fingerprint density at radius 2 is 1.95 bits per heavy atom. The summed E-state index contributed by atoms with van der Waals surface area (Å²) < 4.78 is 13.2. The van der Waals surface area contributed by atoms with Crippen LogP contribution >= 0.6 is 33.2 Å². The molecule has 1 aliphatic carbocycles. The fraction of sp³-hybridized carbons (Fsp3) is 0.571. The molecule has 0 spiro atoms. The minimum Gasteiger partial charge on any atom is -0.242 e. The third kappa shape index (κ3) is 6.98. The molecule has 108 valence electrons. The highest BCUT2D eigenvalue weighted by molar-refractivity contribution is 7.64. The molecule has 0 aliphatic heterocycles. The van der Waals surface area contributed by atoms with Crippen LogP contribution in [0, 0.1) is 0 Å². The Morgan fingerprint density at radius 3 is 2.47 bits per heavy atom.